The van der Waals surface area contributed by atoms with Crippen molar-refractivity contribution in [3.05, 3.63) is 58.4 Å². The summed E-state index contributed by atoms with van der Waals surface area (Å²) in [5.74, 6) is -1.08. The molecule has 0 saturated heterocycles. The van der Waals surface area contributed by atoms with Crippen LogP contribution < -0.4 is 5.73 Å². The van der Waals surface area contributed by atoms with Gasteiger partial charge in [0.2, 0.25) is 0 Å². The Hall–Kier alpha value is -1.80. The standard InChI is InChI=1S/C20H26BClN2O4/c22-16-6-7-17-14(12-16)4-3-5-18(17)24-11-8-15(13-24)20(23,19(25)26)9-1-2-10-21(27)28/h6-8,11-13,18,27-28H,1-5,9-10,23H2,(H,25,26). The van der Waals surface area contributed by atoms with Crippen LogP contribution in [0, 0.1) is 0 Å². The Kier molecular flexibility index (Phi) is 6.50. The minimum absolute atomic E-state index is 0.136. The summed E-state index contributed by atoms with van der Waals surface area (Å²) >= 11 is 6.13. The molecule has 0 aliphatic heterocycles. The summed E-state index contributed by atoms with van der Waals surface area (Å²) < 4.78 is 2.04. The van der Waals surface area contributed by atoms with Crippen molar-refractivity contribution >= 4 is 24.7 Å². The molecule has 0 fully saturated rings. The van der Waals surface area contributed by atoms with Crippen LogP contribution in [0.1, 0.15) is 54.8 Å². The number of rotatable bonds is 8. The smallest absolute Gasteiger partial charge is 0.451 e. The molecular weight excluding hydrogens is 378 g/mol. The van der Waals surface area contributed by atoms with E-state index in [0.717, 1.165) is 24.3 Å². The zero-order chi connectivity index (χ0) is 20.3. The molecule has 2 atom stereocenters. The lowest BCUT2D eigenvalue weighted by Gasteiger charge is -2.28. The molecular formula is C20H26BClN2O4. The number of carboxylic acids is 1. The first-order valence-electron chi connectivity index (χ1n) is 9.66. The van der Waals surface area contributed by atoms with E-state index < -0.39 is 18.6 Å². The van der Waals surface area contributed by atoms with Crippen LogP contribution in [0.4, 0.5) is 0 Å². The van der Waals surface area contributed by atoms with Gasteiger partial charge in [-0.2, -0.15) is 0 Å². The third-order valence-electron chi connectivity index (χ3n) is 5.64. The number of carboxylic acid groups (broad SMARTS) is 1. The van der Waals surface area contributed by atoms with Gasteiger partial charge in [-0.3, -0.25) is 0 Å². The van der Waals surface area contributed by atoms with Crippen molar-refractivity contribution < 1.29 is 19.9 Å². The lowest BCUT2D eigenvalue weighted by molar-refractivity contribution is -0.144. The van der Waals surface area contributed by atoms with E-state index in [1.807, 2.05) is 35.2 Å². The van der Waals surface area contributed by atoms with Crippen molar-refractivity contribution in [1.29, 1.82) is 0 Å². The lowest BCUT2D eigenvalue weighted by Crippen LogP contribution is -2.44. The highest BCUT2D eigenvalue weighted by Gasteiger charge is 2.37. The van der Waals surface area contributed by atoms with E-state index >= 15 is 0 Å². The molecule has 28 heavy (non-hydrogen) atoms. The van der Waals surface area contributed by atoms with Gasteiger partial charge in [0.1, 0.15) is 5.54 Å². The molecule has 1 aromatic heterocycles. The predicted molar refractivity (Wildman–Crippen MR) is 109 cm³/mol. The number of hydrogen-bond donors (Lipinski definition) is 4. The van der Waals surface area contributed by atoms with Crippen molar-refractivity contribution in [3.63, 3.8) is 0 Å². The Balaban J connectivity index is 1.81. The zero-order valence-corrected chi connectivity index (χ0v) is 16.5. The van der Waals surface area contributed by atoms with Gasteiger partial charge in [-0.15, -0.1) is 0 Å². The van der Waals surface area contributed by atoms with Crippen LogP contribution in [0.5, 0.6) is 0 Å². The van der Waals surface area contributed by atoms with Crippen LogP contribution in [-0.4, -0.2) is 32.8 Å². The van der Waals surface area contributed by atoms with Crippen molar-refractivity contribution in [2.75, 3.05) is 0 Å². The molecule has 3 rings (SSSR count). The lowest BCUT2D eigenvalue weighted by atomic mass is 9.81. The molecule has 1 aromatic carbocycles. The number of benzene rings is 1. The third-order valence-corrected chi connectivity index (χ3v) is 5.88. The number of unbranched alkanes of at least 4 members (excludes halogenated alkanes) is 1. The first-order valence-corrected chi connectivity index (χ1v) is 10.0. The van der Waals surface area contributed by atoms with Crippen LogP contribution >= 0.6 is 11.6 Å². The van der Waals surface area contributed by atoms with Crippen molar-refractivity contribution in [2.24, 2.45) is 5.73 Å². The van der Waals surface area contributed by atoms with E-state index in [9.17, 15) is 9.90 Å². The molecule has 0 amide bonds. The summed E-state index contributed by atoms with van der Waals surface area (Å²) in [6, 6.07) is 7.86. The molecule has 0 spiro atoms. The van der Waals surface area contributed by atoms with Crippen LogP contribution in [0.2, 0.25) is 11.3 Å². The van der Waals surface area contributed by atoms with Crippen molar-refractivity contribution in [2.45, 2.75) is 56.4 Å². The van der Waals surface area contributed by atoms with Crippen LogP contribution in [0.15, 0.2) is 36.7 Å². The molecule has 8 heteroatoms. The average Bonchev–Trinajstić information content (AvgIpc) is 3.14. The average molecular weight is 405 g/mol. The van der Waals surface area contributed by atoms with Crippen LogP contribution in [0.3, 0.4) is 0 Å². The number of carbonyl (C=O) groups is 1. The van der Waals surface area contributed by atoms with E-state index in [1.54, 1.807) is 6.07 Å². The second kappa shape index (κ2) is 8.70. The molecule has 0 saturated carbocycles. The normalized spacial score (nSPS) is 18.4. The fraction of sp³-hybridized carbons (Fsp3) is 0.450. The second-order valence-corrected chi connectivity index (χ2v) is 8.04. The SMILES string of the molecule is NC(CCCCB(O)O)(C(=O)O)c1ccn(C2CCCc3cc(Cl)ccc32)c1. The molecule has 1 aliphatic rings. The number of aromatic nitrogens is 1. The fourth-order valence-electron chi connectivity index (χ4n) is 4.04. The van der Waals surface area contributed by atoms with E-state index in [2.05, 4.69) is 0 Å². The highest BCUT2D eigenvalue weighted by atomic mass is 35.5. The third kappa shape index (κ3) is 4.44. The van der Waals surface area contributed by atoms with Gasteiger partial charge >= 0.3 is 13.1 Å². The summed E-state index contributed by atoms with van der Waals surface area (Å²) in [7, 11) is -1.38. The number of fused-ring (bicyclic) bond motifs is 1. The van der Waals surface area contributed by atoms with Crippen LogP contribution in [-0.2, 0) is 16.8 Å². The van der Waals surface area contributed by atoms with Gasteiger partial charge in [-0.25, -0.2) is 4.79 Å². The minimum atomic E-state index is -1.50. The minimum Gasteiger partial charge on any atom is -0.480 e. The summed E-state index contributed by atoms with van der Waals surface area (Å²) in [6.07, 6.45) is 8.18. The summed E-state index contributed by atoms with van der Waals surface area (Å²) in [5, 5.41) is 28.4. The van der Waals surface area contributed by atoms with E-state index in [-0.39, 0.29) is 18.8 Å². The topological polar surface area (TPSA) is 109 Å². The summed E-state index contributed by atoms with van der Waals surface area (Å²) in [5.41, 5.74) is 7.80. The number of hydrogen-bond acceptors (Lipinski definition) is 4. The van der Waals surface area contributed by atoms with Gasteiger partial charge in [0, 0.05) is 23.0 Å². The van der Waals surface area contributed by atoms with Gasteiger partial charge in [-0.1, -0.05) is 30.5 Å². The largest absolute Gasteiger partial charge is 0.480 e. The van der Waals surface area contributed by atoms with Crippen LogP contribution in [0.25, 0.3) is 0 Å². The molecule has 150 valence electrons. The maximum absolute atomic E-state index is 11.9. The van der Waals surface area contributed by atoms with Gasteiger partial charge in [0.15, 0.2) is 0 Å². The van der Waals surface area contributed by atoms with E-state index in [1.165, 1.54) is 11.1 Å². The van der Waals surface area contributed by atoms with Gasteiger partial charge in [0.25, 0.3) is 0 Å². The highest BCUT2D eigenvalue weighted by molar-refractivity contribution is 6.40. The highest BCUT2D eigenvalue weighted by Crippen LogP contribution is 2.36. The monoisotopic (exact) mass is 404 g/mol. The molecule has 6 nitrogen and oxygen atoms in total. The fourth-order valence-corrected chi connectivity index (χ4v) is 4.24. The number of halogens is 1. The number of aryl methyl sites for hydroxylation is 1. The molecule has 1 heterocycles. The van der Waals surface area contributed by atoms with E-state index in [4.69, 9.17) is 27.4 Å². The Morgan fingerprint density at radius 2 is 2.11 bits per heavy atom. The molecule has 2 aromatic rings. The Bertz CT molecular complexity index is 841. The zero-order valence-electron chi connectivity index (χ0n) is 15.7. The Morgan fingerprint density at radius 1 is 1.32 bits per heavy atom. The molecule has 0 radical (unpaired) electrons. The molecule has 0 bridgehead atoms. The Morgan fingerprint density at radius 3 is 2.82 bits per heavy atom. The molecule has 5 N–H and O–H groups in total. The number of nitrogens with two attached hydrogens (primary N) is 1. The van der Waals surface area contributed by atoms with Crippen molar-refractivity contribution in [1.82, 2.24) is 4.57 Å². The van der Waals surface area contributed by atoms with E-state index in [0.29, 0.717) is 18.4 Å². The van der Waals surface area contributed by atoms with Crippen molar-refractivity contribution in [3.8, 4) is 0 Å². The number of nitrogens with zero attached hydrogens (tertiary/aromatic N) is 1. The maximum Gasteiger partial charge on any atom is 0.451 e. The number of aliphatic carboxylic acids is 1. The van der Waals surface area contributed by atoms with Gasteiger partial charge in [-0.05, 0) is 61.3 Å². The second-order valence-electron chi connectivity index (χ2n) is 7.60. The molecule has 1 aliphatic carbocycles. The maximum atomic E-state index is 11.9. The van der Waals surface area contributed by atoms with Gasteiger partial charge < -0.3 is 25.5 Å². The summed E-state index contributed by atoms with van der Waals surface area (Å²) in [6.45, 7) is 0. The Labute approximate surface area is 170 Å². The quantitative estimate of drug-likeness (QED) is 0.399. The predicted octanol–water partition coefficient (Wildman–Crippen LogP) is 2.95. The van der Waals surface area contributed by atoms with Gasteiger partial charge in [0.05, 0.1) is 6.04 Å². The first kappa shape index (κ1) is 20.9. The first-order chi connectivity index (χ1) is 13.3. The summed E-state index contributed by atoms with van der Waals surface area (Å²) in [4.78, 5) is 11.9. The molecule has 2 unspecified atom stereocenters.